The van der Waals surface area contributed by atoms with Crippen molar-refractivity contribution in [2.75, 3.05) is 33.4 Å². The van der Waals surface area contributed by atoms with Gasteiger partial charge in [0.1, 0.15) is 5.75 Å². The molecule has 0 spiro atoms. The molecule has 0 aromatic heterocycles. The van der Waals surface area contributed by atoms with E-state index < -0.39 is 0 Å². The number of ether oxygens (including phenoxy) is 2. The summed E-state index contributed by atoms with van der Waals surface area (Å²) in [5.41, 5.74) is 2.93. The van der Waals surface area contributed by atoms with Gasteiger partial charge in [0.2, 0.25) is 0 Å². The van der Waals surface area contributed by atoms with Crippen LogP contribution in [0.2, 0.25) is 0 Å². The minimum atomic E-state index is 0.300. The molecule has 0 saturated carbocycles. The molecule has 21 heavy (non-hydrogen) atoms. The second kappa shape index (κ2) is 7.81. The molecule has 1 fully saturated rings. The Bertz CT molecular complexity index is 439. The highest BCUT2D eigenvalue weighted by Gasteiger charge is 2.33. The molecule has 0 atom stereocenters. The lowest BCUT2D eigenvalue weighted by atomic mass is 9.74. The Morgan fingerprint density at radius 3 is 2.71 bits per heavy atom. The van der Waals surface area contributed by atoms with Crippen molar-refractivity contribution in [2.24, 2.45) is 5.41 Å². The summed E-state index contributed by atoms with van der Waals surface area (Å²) in [5.74, 6) is 1.02. The van der Waals surface area contributed by atoms with E-state index in [0.717, 1.165) is 51.3 Å². The summed E-state index contributed by atoms with van der Waals surface area (Å²) in [4.78, 5) is 0. The zero-order chi connectivity index (χ0) is 15.1. The normalized spacial score (nSPS) is 17.7. The maximum absolute atomic E-state index is 5.59. The van der Waals surface area contributed by atoms with Gasteiger partial charge in [-0.3, -0.25) is 0 Å². The Hall–Kier alpha value is -1.06. The van der Waals surface area contributed by atoms with Crippen molar-refractivity contribution in [2.45, 2.75) is 39.5 Å². The Morgan fingerprint density at radius 2 is 2.05 bits per heavy atom. The highest BCUT2D eigenvalue weighted by molar-refractivity contribution is 5.37. The molecule has 2 rings (SSSR count). The van der Waals surface area contributed by atoms with E-state index in [9.17, 15) is 0 Å². The van der Waals surface area contributed by atoms with Crippen LogP contribution in [0, 0.1) is 12.3 Å². The molecular weight excluding hydrogens is 262 g/mol. The van der Waals surface area contributed by atoms with E-state index in [1.54, 1.807) is 7.11 Å². The van der Waals surface area contributed by atoms with Gasteiger partial charge in [0.25, 0.3) is 0 Å². The fraction of sp³-hybridized carbons (Fsp3) is 0.667. The minimum absolute atomic E-state index is 0.300. The predicted molar refractivity (Wildman–Crippen MR) is 87.1 cm³/mol. The van der Waals surface area contributed by atoms with Gasteiger partial charge in [-0.15, -0.1) is 0 Å². The molecule has 1 aliphatic rings. The first-order valence-corrected chi connectivity index (χ1v) is 8.11. The third-order valence-electron chi connectivity index (χ3n) is 4.48. The molecule has 0 amide bonds. The van der Waals surface area contributed by atoms with Gasteiger partial charge >= 0.3 is 0 Å². The molecule has 0 bridgehead atoms. The van der Waals surface area contributed by atoms with Crippen molar-refractivity contribution in [3.63, 3.8) is 0 Å². The predicted octanol–water partition coefficient (Wildman–Crippen LogP) is 3.34. The molecular formula is C18H29NO2. The Morgan fingerprint density at radius 1 is 1.29 bits per heavy atom. The topological polar surface area (TPSA) is 30.5 Å². The van der Waals surface area contributed by atoms with Crippen LogP contribution in [0.1, 0.15) is 37.3 Å². The van der Waals surface area contributed by atoms with Crippen LogP contribution < -0.4 is 10.1 Å². The van der Waals surface area contributed by atoms with Crippen molar-refractivity contribution in [3.05, 3.63) is 29.3 Å². The van der Waals surface area contributed by atoms with E-state index >= 15 is 0 Å². The van der Waals surface area contributed by atoms with E-state index in [1.807, 2.05) is 0 Å². The average molecular weight is 291 g/mol. The van der Waals surface area contributed by atoms with Crippen LogP contribution in [-0.2, 0) is 11.2 Å². The quantitative estimate of drug-likeness (QED) is 0.782. The lowest BCUT2D eigenvalue weighted by Crippen LogP contribution is -2.41. The van der Waals surface area contributed by atoms with E-state index in [1.165, 1.54) is 17.5 Å². The van der Waals surface area contributed by atoms with Crippen molar-refractivity contribution >= 4 is 0 Å². The van der Waals surface area contributed by atoms with Crippen molar-refractivity contribution < 1.29 is 9.47 Å². The smallest absolute Gasteiger partial charge is 0.122 e. The van der Waals surface area contributed by atoms with Gasteiger partial charge in [0.05, 0.1) is 7.11 Å². The van der Waals surface area contributed by atoms with Gasteiger partial charge in [0.15, 0.2) is 0 Å². The second-order valence-corrected chi connectivity index (χ2v) is 6.28. The number of hydrogen-bond donors (Lipinski definition) is 1. The molecule has 1 aromatic rings. The second-order valence-electron chi connectivity index (χ2n) is 6.28. The van der Waals surface area contributed by atoms with Crippen LogP contribution >= 0.6 is 0 Å². The summed E-state index contributed by atoms with van der Waals surface area (Å²) in [6.07, 6.45) is 4.50. The van der Waals surface area contributed by atoms with Crippen molar-refractivity contribution in [1.82, 2.24) is 5.32 Å². The molecule has 3 heteroatoms. The minimum Gasteiger partial charge on any atom is -0.496 e. The van der Waals surface area contributed by atoms with Gasteiger partial charge in [-0.2, -0.15) is 0 Å². The SMILES string of the molecule is CCCNCC1(Cc2cc(C)ccc2OC)CCOCC1. The van der Waals surface area contributed by atoms with Crippen LogP contribution in [-0.4, -0.2) is 33.4 Å². The summed E-state index contributed by atoms with van der Waals surface area (Å²) in [6, 6.07) is 6.49. The lowest BCUT2D eigenvalue weighted by Gasteiger charge is -2.38. The Labute approximate surface area is 129 Å². The molecule has 0 unspecified atom stereocenters. The van der Waals surface area contributed by atoms with Crippen LogP contribution in [0.3, 0.4) is 0 Å². The van der Waals surface area contributed by atoms with Crippen LogP contribution in [0.15, 0.2) is 18.2 Å². The lowest BCUT2D eigenvalue weighted by molar-refractivity contribution is 0.0148. The highest BCUT2D eigenvalue weighted by Crippen LogP contribution is 2.36. The maximum atomic E-state index is 5.59. The number of benzene rings is 1. The van der Waals surface area contributed by atoms with E-state index in [2.05, 4.69) is 37.4 Å². The maximum Gasteiger partial charge on any atom is 0.122 e. The monoisotopic (exact) mass is 291 g/mol. The largest absolute Gasteiger partial charge is 0.496 e. The number of aryl methyl sites for hydroxylation is 1. The zero-order valence-corrected chi connectivity index (χ0v) is 13.7. The molecule has 1 saturated heterocycles. The van der Waals surface area contributed by atoms with Gasteiger partial charge in [-0.25, -0.2) is 0 Å². The van der Waals surface area contributed by atoms with Crippen LogP contribution in [0.5, 0.6) is 5.75 Å². The number of nitrogens with one attached hydrogen (secondary N) is 1. The molecule has 118 valence electrons. The fourth-order valence-electron chi connectivity index (χ4n) is 3.20. The number of rotatable bonds is 7. The standard InChI is InChI=1S/C18H29NO2/c1-4-9-19-14-18(7-10-21-11-8-18)13-16-12-15(2)5-6-17(16)20-3/h5-6,12,19H,4,7-11,13-14H2,1-3H3. The van der Waals surface area contributed by atoms with Crippen molar-refractivity contribution in [3.8, 4) is 5.75 Å². The molecule has 1 N–H and O–H groups in total. The first kappa shape index (κ1) is 16.3. The molecule has 1 aromatic carbocycles. The molecule has 0 aliphatic carbocycles. The van der Waals surface area contributed by atoms with Crippen molar-refractivity contribution in [1.29, 1.82) is 0 Å². The van der Waals surface area contributed by atoms with Crippen LogP contribution in [0.4, 0.5) is 0 Å². The number of methoxy groups -OCH3 is 1. The van der Waals surface area contributed by atoms with Gasteiger partial charge in [-0.1, -0.05) is 24.6 Å². The van der Waals surface area contributed by atoms with E-state index in [-0.39, 0.29) is 0 Å². The summed E-state index contributed by atoms with van der Waals surface area (Å²) in [6.45, 7) is 8.28. The van der Waals surface area contributed by atoms with Gasteiger partial charge < -0.3 is 14.8 Å². The summed E-state index contributed by atoms with van der Waals surface area (Å²) in [5, 5.41) is 3.62. The molecule has 1 heterocycles. The highest BCUT2D eigenvalue weighted by atomic mass is 16.5. The molecule has 3 nitrogen and oxygen atoms in total. The third kappa shape index (κ3) is 4.45. The van der Waals surface area contributed by atoms with E-state index in [4.69, 9.17) is 9.47 Å². The number of hydrogen-bond acceptors (Lipinski definition) is 3. The first-order valence-electron chi connectivity index (χ1n) is 8.11. The Balaban J connectivity index is 2.15. The van der Waals surface area contributed by atoms with Gasteiger partial charge in [0, 0.05) is 19.8 Å². The molecule has 0 radical (unpaired) electrons. The summed E-state index contributed by atoms with van der Waals surface area (Å²) in [7, 11) is 1.76. The van der Waals surface area contributed by atoms with E-state index in [0.29, 0.717) is 5.41 Å². The summed E-state index contributed by atoms with van der Waals surface area (Å²) >= 11 is 0. The molecule has 1 aliphatic heterocycles. The Kier molecular flexibility index (Phi) is 6.07. The first-order chi connectivity index (χ1) is 10.2. The zero-order valence-electron chi connectivity index (χ0n) is 13.7. The van der Waals surface area contributed by atoms with Crippen LogP contribution in [0.25, 0.3) is 0 Å². The summed E-state index contributed by atoms with van der Waals surface area (Å²) < 4.78 is 11.2. The third-order valence-corrected chi connectivity index (χ3v) is 4.48. The van der Waals surface area contributed by atoms with Gasteiger partial charge in [-0.05, 0) is 56.2 Å². The average Bonchev–Trinajstić information content (AvgIpc) is 2.49. The fourth-order valence-corrected chi connectivity index (χ4v) is 3.20.